The smallest absolute Gasteiger partial charge is 0.257 e. The minimum absolute atomic E-state index is 0.165. The van der Waals surface area contributed by atoms with Crippen LogP contribution in [0.4, 0.5) is 0 Å². The summed E-state index contributed by atoms with van der Waals surface area (Å²) in [7, 11) is 1.59. The third-order valence-corrected chi connectivity index (χ3v) is 5.17. The Labute approximate surface area is 158 Å². The molecule has 4 rings (SSSR count). The molecule has 0 aliphatic carbocycles. The molecule has 0 saturated heterocycles. The fourth-order valence-electron chi connectivity index (χ4n) is 3.48. The first-order chi connectivity index (χ1) is 12.6. The molecule has 0 bridgehead atoms. The van der Waals surface area contributed by atoms with Crippen LogP contribution in [0.3, 0.4) is 0 Å². The van der Waals surface area contributed by atoms with Crippen molar-refractivity contribution < 1.29 is 9.53 Å². The van der Waals surface area contributed by atoms with Crippen LogP contribution in [0.25, 0.3) is 10.9 Å². The van der Waals surface area contributed by atoms with Crippen LogP contribution in [-0.2, 0) is 19.5 Å². The van der Waals surface area contributed by atoms with Crippen molar-refractivity contribution in [1.29, 1.82) is 0 Å². The summed E-state index contributed by atoms with van der Waals surface area (Å²) in [6.07, 6.45) is 2.54. The fourth-order valence-corrected chi connectivity index (χ4v) is 3.99. The van der Waals surface area contributed by atoms with Crippen molar-refractivity contribution >= 4 is 32.7 Å². The number of benzene rings is 2. The van der Waals surface area contributed by atoms with Gasteiger partial charge < -0.3 is 14.6 Å². The number of nitrogens with one attached hydrogen (secondary N) is 1. The maximum absolute atomic E-state index is 12.9. The Bertz CT molecular complexity index is 1090. The standard InChI is InChI=1S/C20H17BrN2O3/c1-26-17-5-3-2-4-13(17)10-22-20(25)16-11-23-7-6-12-8-14(21)9-15(18(12)23)19(16)24/h2-5,8-9,11H,6-7,10H2,1H3,(H,22,25). The van der Waals surface area contributed by atoms with Gasteiger partial charge in [0.05, 0.1) is 12.6 Å². The second-order valence-electron chi connectivity index (χ2n) is 6.27. The van der Waals surface area contributed by atoms with Crippen LogP contribution < -0.4 is 15.5 Å². The summed E-state index contributed by atoms with van der Waals surface area (Å²) in [5.41, 5.74) is 2.85. The van der Waals surface area contributed by atoms with Crippen molar-refractivity contribution in [3.8, 4) is 5.75 Å². The number of pyridine rings is 1. The molecule has 0 unspecified atom stereocenters. The molecule has 1 aliphatic rings. The van der Waals surface area contributed by atoms with E-state index in [1.807, 2.05) is 34.9 Å². The van der Waals surface area contributed by atoms with Gasteiger partial charge in [-0.15, -0.1) is 0 Å². The number of aromatic nitrogens is 1. The maximum atomic E-state index is 12.9. The first-order valence-corrected chi connectivity index (χ1v) is 9.13. The SMILES string of the molecule is COc1ccccc1CNC(=O)c1cn2c3c(cc(Br)cc3c1=O)CC2. The van der Waals surface area contributed by atoms with Gasteiger partial charge in [-0.25, -0.2) is 0 Å². The van der Waals surface area contributed by atoms with Crippen LogP contribution >= 0.6 is 15.9 Å². The highest BCUT2D eigenvalue weighted by Gasteiger charge is 2.21. The first-order valence-electron chi connectivity index (χ1n) is 8.34. The Morgan fingerprint density at radius 1 is 1.31 bits per heavy atom. The number of nitrogens with zero attached hydrogens (tertiary/aromatic N) is 1. The Balaban J connectivity index is 1.68. The summed E-state index contributed by atoms with van der Waals surface area (Å²) in [5, 5.41) is 3.41. The van der Waals surface area contributed by atoms with Crippen molar-refractivity contribution in [1.82, 2.24) is 9.88 Å². The molecule has 1 aromatic heterocycles. The van der Waals surface area contributed by atoms with Crippen LogP contribution in [0.15, 0.2) is 51.9 Å². The van der Waals surface area contributed by atoms with E-state index in [0.29, 0.717) is 17.7 Å². The minimum atomic E-state index is -0.375. The molecule has 5 nitrogen and oxygen atoms in total. The van der Waals surface area contributed by atoms with E-state index >= 15 is 0 Å². The van der Waals surface area contributed by atoms with Gasteiger partial charge in [-0.05, 0) is 30.2 Å². The second kappa shape index (κ2) is 6.61. The number of aryl methyl sites for hydroxylation is 2. The topological polar surface area (TPSA) is 60.3 Å². The first kappa shape index (κ1) is 16.8. The number of methoxy groups -OCH3 is 1. The van der Waals surface area contributed by atoms with E-state index in [-0.39, 0.29) is 16.9 Å². The normalized spacial score (nSPS) is 12.4. The van der Waals surface area contributed by atoms with Crippen molar-refractivity contribution in [3.63, 3.8) is 0 Å². The van der Waals surface area contributed by atoms with E-state index < -0.39 is 0 Å². The number of ether oxygens (including phenoxy) is 1. The molecule has 0 radical (unpaired) electrons. The molecule has 1 aliphatic heterocycles. The number of amides is 1. The molecule has 132 valence electrons. The van der Waals surface area contributed by atoms with E-state index in [1.54, 1.807) is 19.4 Å². The minimum Gasteiger partial charge on any atom is -0.496 e. The summed E-state index contributed by atoms with van der Waals surface area (Å²) in [6.45, 7) is 1.07. The molecule has 2 aromatic carbocycles. The summed E-state index contributed by atoms with van der Waals surface area (Å²) in [5.74, 6) is 0.329. The average molecular weight is 413 g/mol. The number of hydrogen-bond donors (Lipinski definition) is 1. The molecule has 0 spiro atoms. The zero-order valence-corrected chi connectivity index (χ0v) is 15.8. The number of hydrogen-bond acceptors (Lipinski definition) is 3. The van der Waals surface area contributed by atoms with Gasteiger partial charge in [-0.3, -0.25) is 9.59 Å². The molecule has 3 aromatic rings. The third-order valence-electron chi connectivity index (χ3n) is 4.71. The largest absolute Gasteiger partial charge is 0.496 e. The molecule has 26 heavy (non-hydrogen) atoms. The van der Waals surface area contributed by atoms with Gasteiger partial charge in [0.25, 0.3) is 5.91 Å². The number of rotatable bonds is 4. The van der Waals surface area contributed by atoms with E-state index in [4.69, 9.17) is 4.74 Å². The quantitative estimate of drug-likeness (QED) is 0.715. The fraction of sp³-hybridized carbons (Fsp3) is 0.200. The molecule has 2 heterocycles. The molecule has 6 heteroatoms. The molecule has 1 amide bonds. The Morgan fingerprint density at radius 3 is 2.92 bits per heavy atom. The van der Waals surface area contributed by atoms with Gasteiger partial charge in [0.15, 0.2) is 0 Å². The van der Waals surface area contributed by atoms with E-state index in [9.17, 15) is 9.59 Å². The van der Waals surface area contributed by atoms with E-state index in [0.717, 1.165) is 34.1 Å². The monoisotopic (exact) mass is 412 g/mol. The average Bonchev–Trinajstić information content (AvgIpc) is 3.05. The van der Waals surface area contributed by atoms with Gasteiger partial charge in [-0.2, -0.15) is 0 Å². The zero-order chi connectivity index (χ0) is 18.3. The van der Waals surface area contributed by atoms with Crippen molar-refractivity contribution in [2.75, 3.05) is 7.11 Å². The lowest BCUT2D eigenvalue weighted by molar-refractivity contribution is 0.0949. The zero-order valence-electron chi connectivity index (χ0n) is 14.2. The van der Waals surface area contributed by atoms with Gasteiger partial charge in [0.1, 0.15) is 11.3 Å². The van der Waals surface area contributed by atoms with Crippen molar-refractivity contribution in [3.05, 3.63) is 74.0 Å². The lowest BCUT2D eigenvalue weighted by Crippen LogP contribution is -2.29. The molecule has 0 saturated carbocycles. The molecular weight excluding hydrogens is 396 g/mol. The van der Waals surface area contributed by atoms with Crippen LogP contribution in [0.5, 0.6) is 5.75 Å². The molecule has 1 N–H and O–H groups in total. The summed E-state index contributed by atoms with van der Waals surface area (Å²) in [6, 6.07) is 11.3. The number of carbonyl (C=O) groups is 1. The van der Waals surface area contributed by atoms with Crippen molar-refractivity contribution in [2.45, 2.75) is 19.5 Å². The lowest BCUT2D eigenvalue weighted by atomic mass is 10.1. The Hall–Kier alpha value is -2.60. The second-order valence-corrected chi connectivity index (χ2v) is 7.19. The number of para-hydroxylation sites is 1. The lowest BCUT2D eigenvalue weighted by Gasteiger charge is -2.11. The van der Waals surface area contributed by atoms with Gasteiger partial charge in [0, 0.05) is 34.7 Å². The predicted molar refractivity (Wildman–Crippen MR) is 104 cm³/mol. The van der Waals surface area contributed by atoms with Crippen LogP contribution in [0.2, 0.25) is 0 Å². The molecule has 0 atom stereocenters. The van der Waals surface area contributed by atoms with E-state index in [1.165, 1.54) is 0 Å². The molecular formula is C20H17BrN2O3. The Morgan fingerprint density at radius 2 is 2.12 bits per heavy atom. The third kappa shape index (κ3) is 2.80. The maximum Gasteiger partial charge on any atom is 0.257 e. The van der Waals surface area contributed by atoms with E-state index in [2.05, 4.69) is 21.2 Å². The van der Waals surface area contributed by atoms with Gasteiger partial charge in [-0.1, -0.05) is 34.1 Å². The number of halogens is 1. The van der Waals surface area contributed by atoms with Crippen molar-refractivity contribution in [2.24, 2.45) is 0 Å². The van der Waals surface area contributed by atoms with Gasteiger partial charge >= 0.3 is 0 Å². The highest BCUT2D eigenvalue weighted by molar-refractivity contribution is 9.10. The highest BCUT2D eigenvalue weighted by Crippen LogP contribution is 2.28. The van der Waals surface area contributed by atoms with Gasteiger partial charge in [0.2, 0.25) is 5.43 Å². The van der Waals surface area contributed by atoms with Crippen LogP contribution in [0.1, 0.15) is 21.5 Å². The number of carbonyl (C=O) groups excluding carboxylic acids is 1. The van der Waals surface area contributed by atoms with Crippen LogP contribution in [0, 0.1) is 0 Å². The summed E-state index contributed by atoms with van der Waals surface area (Å²) < 4.78 is 8.15. The summed E-state index contributed by atoms with van der Waals surface area (Å²) >= 11 is 3.46. The molecule has 0 fully saturated rings. The predicted octanol–water partition coefficient (Wildman–Crippen LogP) is 3.26. The summed E-state index contributed by atoms with van der Waals surface area (Å²) in [4.78, 5) is 25.5. The van der Waals surface area contributed by atoms with Crippen LogP contribution in [-0.4, -0.2) is 17.6 Å². The highest BCUT2D eigenvalue weighted by atomic mass is 79.9. The Kier molecular flexibility index (Phi) is 4.28.